The number of nitrogens with zero attached hydrogens (tertiary/aromatic N) is 1. The summed E-state index contributed by atoms with van der Waals surface area (Å²) >= 11 is 0. The molecule has 3 heteroatoms. The average molecular weight is 290 g/mol. The van der Waals surface area contributed by atoms with Crippen molar-refractivity contribution in [2.24, 2.45) is 5.73 Å². The summed E-state index contributed by atoms with van der Waals surface area (Å²) in [6, 6.07) is 4.53. The molecule has 1 saturated heterocycles. The topological polar surface area (TPSA) is 38.5 Å². The molecular formula is C18H30N2O. The Morgan fingerprint density at radius 2 is 1.90 bits per heavy atom. The van der Waals surface area contributed by atoms with E-state index in [9.17, 15) is 0 Å². The smallest absolute Gasteiger partial charge is 0.0701 e. The highest BCUT2D eigenvalue weighted by atomic mass is 16.5. The summed E-state index contributed by atoms with van der Waals surface area (Å²) in [5.74, 6) is 0. The second-order valence-corrected chi connectivity index (χ2v) is 6.63. The van der Waals surface area contributed by atoms with Gasteiger partial charge >= 0.3 is 0 Å². The standard InChI is InChI=1S/C18H30N2O/c1-13-9-14(2)18(15(3)10-13)17(19)12-20(4)11-16-7-5-6-8-21-16/h9-10,16-17H,5-8,11-12,19H2,1-4H3. The Kier molecular flexibility index (Phi) is 5.80. The van der Waals surface area contributed by atoms with Gasteiger partial charge in [0.25, 0.3) is 0 Å². The number of hydrogen-bond acceptors (Lipinski definition) is 3. The lowest BCUT2D eigenvalue weighted by Gasteiger charge is -2.29. The average Bonchev–Trinajstić information content (AvgIpc) is 2.38. The van der Waals surface area contributed by atoms with Gasteiger partial charge in [0.05, 0.1) is 6.10 Å². The third-order valence-electron chi connectivity index (χ3n) is 4.41. The van der Waals surface area contributed by atoms with Crippen LogP contribution in [0.4, 0.5) is 0 Å². The van der Waals surface area contributed by atoms with Crippen molar-refractivity contribution in [3.63, 3.8) is 0 Å². The molecule has 118 valence electrons. The second-order valence-electron chi connectivity index (χ2n) is 6.63. The lowest BCUT2D eigenvalue weighted by molar-refractivity contribution is -0.00215. The summed E-state index contributed by atoms with van der Waals surface area (Å²) < 4.78 is 5.82. The molecule has 0 radical (unpaired) electrons. The van der Waals surface area contributed by atoms with Gasteiger partial charge in [-0.1, -0.05) is 17.7 Å². The van der Waals surface area contributed by atoms with Crippen LogP contribution in [0, 0.1) is 20.8 Å². The Bertz CT molecular complexity index is 443. The molecule has 1 aromatic rings. The molecule has 2 rings (SSSR count). The molecule has 0 amide bonds. The molecule has 1 aromatic carbocycles. The van der Waals surface area contributed by atoms with Crippen LogP contribution in [-0.4, -0.2) is 37.7 Å². The third kappa shape index (κ3) is 4.53. The highest BCUT2D eigenvalue weighted by molar-refractivity contribution is 5.39. The summed E-state index contributed by atoms with van der Waals surface area (Å²) in [6.45, 7) is 9.25. The highest BCUT2D eigenvalue weighted by Crippen LogP contribution is 2.23. The molecule has 0 spiro atoms. The SMILES string of the molecule is Cc1cc(C)c(C(N)CN(C)CC2CCCCO2)c(C)c1. The van der Waals surface area contributed by atoms with Crippen molar-refractivity contribution in [2.45, 2.75) is 52.2 Å². The summed E-state index contributed by atoms with van der Waals surface area (Å²) in [5, 5.41) is 0. The van der Waals surface area contributed by atoms with Gasteiger partial charge in [0.15, 0.2) is 0 Å². The first kappa shape index (κ1) is 16.5. The molecule has 0 saturated carbocycles. The molecule has 2 N–H and O–H groups in total. The maximum absolute atomic E-state index is 6.47. The van der Waals surface area contributed by atoms with Crippen molar-refractivity contribution in [1.29, 1.82) is 0 Å². The van der Waals surface area contributed by atoms with E-state index in [1.165, 1.54) is 41.5 Å². The predicted octanol–water partition coefficient (Wildman–Crippen LogP) is 3.11. The molecule has 1 heterocycles. The van der Waals surface area contributed by atoms with Crippen LogP contribution in [0.5, 0.6) is 0 Å². The van der Waals surface area contributed by atoms with E-state index in [4.69, 9.17) is 10.5 Å². The van der Waals surface area contributed by atoms with Crippen molar-refractivity contribution in [3.8, 4) is 0 Å². The number of ether oxygens (including phenoxy) is 1. The molecular weight excluding hydrogens is 260 g/mol. The molecule has 0 aliphatic carbocycles. The number of hydrogen-bond donors (Lipinski definition) is 1. The second kappa shape index (κ2) is 7.39. The van der Waals surface area contributed by atoms with Crippen LogP contribution in [0.1, 0.15) is 47.6 Å². The highest BCUT2D eigenvalue weighted by Gasteiger charge is 2.19. The number of likely N-dealkylation sites (N-methyl/N-ethyl adjacent to an activating group) is 1. The lowest BCUT2D eigenvalue weighted by Crippen LogP contribution is -2.37. The fraction of sp³-hybridized carbons (Fsp3) is 0.667. The maximum atomic E-state index is 6.47. The minimum Gasteiger partial charge on any atom is -0.377 e. The Morgan fingerprint density at radius 3 is 2.48 bits per heavy atom. The van der Waals surface area contributed by atoms with E-state index < -0.39 is 0 Å². The van der Waals surface area contributed by atoms with Crippen LogP contribution in [0.3, 0.4) is 0 Å². The van der Waals surface area contributed by atoms with Gasteiger partial charge in [-0.2, -0.15) is 0 Å². The molecule has 21 heavy (non-hydrogen) atoms. The first-order valence-electron chi connectivity index (χ1n) is 8.11. The normalized spacial score (nSPS) is 20.8. The third-order valence-corrected chi connectivity index (χ3v) is 4.41. The monoisotopic (exact) mass is 290 g/mol. The Labute approximate surface area is 129 Å². The number of nitrogens with two attached hydrogens (primary N) is 1. The zero-order valence-corrected chi connectivity index (χ0v) is 14.0. The van der Waals surface area contributed by atoms with E-state index in [2.05, 4.69) is 44.9 Å². The summed E-state index contributed by atoms with van der Waals surface area (Å²) in [7, 11) is 2.15. The molecule has 1 aliphatic rings. The van der Waals surface area contributed by atoms with Crippen LogP contribution < -0.4 is 5.73 Å². The van der Waals surface area contributed by atoms with Gasteiger partial charge in [-0.3, -0.25) is 0 Å². The summed E-state index contributed by atoms with van der Waals surface area (Å²) in [6.07, 6.45) is 4.07. The van der Waals surface area contributed by atoms with Crippen LogP contribution >= 0.6 is 0 Å². The van der Waals surface area contributed by atoms with E-state index in [1.54, 1.807) is 0 Å². The largest absolute Gasteiger partial charge is 0.377 e. The van der Waals surface area contributed by atoms with E-state index >= 15 is 0 Å². The molecule has 2 atom stereocenters. The van der Waals surface area contributed by atoms with Gasteiger partial charge in [0, 0.05) is 25.7 Å². The Balaban J connectivity index is 1.95. The Morgan fingerprint density at radius 1 is 1.24 bits per heavy atom. The maximum Gasteiger partial charge on any atom is 0.0701 e. The van der Waals surface area contributed by atoms with Gasteiger partial charge < -0.3 is 15.4 Å². The van der Waals surface area contributed by atoms with E-state index in [0.717, 1.165) is 19.7 Å². The lowest BCUT2D eigenvalue weighted by atomic mass is 9.94. The van der Waals surface area contributed by atoms with Gasteiger partial charge in [-0.05, 0) is 63.8 Å². The minimum absolute atomic E-state index is 0.0687. The van der Waals surface area contributed by atoms with E-state index in [-0.39, 0.29) is 6.04 Å². The summed E-state index contributed by atoms with van der Waals surface area (Å²) in [5.41, 5.74) is 11.7. The zero-order chi connectivity index (χ0) is 15.4. The predicted molar refractivity (Wildman–Crippen MR) is 88.7 cm³/mol. The molecule has 0 bridgehead atoms. The van der Waals surface area contributed by atoms with Crippen molar-refractivity contribution in [3.05, 3.63) is 34.4 Å². The number of rotatable bonds is 5. The van der Waals surface area contributed by atoms with Crippen molar-refractivity contribution >= 4 is 0 Å². The van der Waals surface area contributed by atoms with Crippen LogP contribution in [-0.2, 0) is 4.74 Å². The van der Waals surface area contributed by atoms with Crippen LogP contribution in [0.25, 0.3) is 0 Å². The van der Waals surface area contributed by atoms with Crippen molar-refractivity contribution in [1.82, 2.24) is 4.90 Å². The van der Waals surface area contributed by atoms with E-state index in [1.807, 2.05) is 0 Å². The van der Waals surface area contributed by atoms with Gasteiger partial charge in [-0.25, -0.2) is 0 Å². The van der Waals surface area contributed by atoms with Crippen molar-refractivity contribution in [2.75, 3.05) is 26.7 Å². The van der Waals surface area contributed by atoms with Crippen LogP contribution in [0.2, 0.25) is 0 Å². The van der Waals surface area contributed by atoms with Gasteiger partial charge in [0.2, 0.25) is 0 Å². The quantitative estimate of drug-likeness (QED) is 0.905. The van der Waals surface area contributed by atoms with Gasteiger partial charge in [0.1, 0.15) is 0 Å². The van der Waals surface area contributed by atoms with Gasteiger partial charge in [-0.15, -0.1) is 0 Å². The Hall–Kier alpha value is -0.900. The first-order chi connectivity index (χ1) is 9.97. The summed E-state index contributed by atoms with van der Waals surface area (Å²) in [4.78, 5) is 2.32. The fourth-order valence-corrected chi connectivity index (χ4v) is 3.58. The molecule has 1 fully saturated rings. The number of benzene rings is 1. The molecule has 0 aromatic heterocycles. The molecule has 2 unspecified atom stereocenters. The first-order valence-corrected chi connectivity index (χ1v) is 8.11. The van der Waals surface area contributed by atoms with Crippen molar-refractivity contribution < 1.29 is 4.74 Å². The zero-order valence-electron chi connectivity index (χ0n) is 14.0. The molecule has 1 aliphatic heterocycles. The molecule has 3 nitrogen and oxygen atoms in total. The van der Waals surface area contributed by atoms with Crippen LogP contribution in [0.15, 0.2) is 12.1 Å². The van der Waals surface area contributed by atoms with E-state index in [0.29, 0.717) is 6.10 Å². The fourth-order valence-electron chi connectivity index (χ4n) is 3.58. The minimum atomic E-state index is 0.0687. The number of aryl methyl sites for hydroxylation is 3.